The van der Waals surface area contributed by atoms with Gasteiger partial charge in [0, 0.05) is 12.6 Å². The van der Waals surface area contributed by atoms with Crippen molar-refractivity contribution >= 4 is 33.3 Å². The van der Waals surface area contributed by atoms with Gasteiger partial charge in [-0.05, 0) is 23.6 Å². The normalized spacial score (nSPS) is 10.7. The number of rotatable bonds is 3. The molecule has 0 spiro atoms. The number of benzene rings is 1. The predicted octanol–water partition coefficient (Wildman–Crippen LogP) is 3.10. The number of anilines is 1. The number of nitrogens with one attached hydrogen (secondary N) is 1. The van der Waals surface area contributed by atoms with Crippen LogP contribution in [0.3, 0.4) is 0 Å². The Hall–Kier alpha value is -2.47. The Morgan fingerprint density at radius 2 is 1.95 bits per heavy atom. The molecule has 20 heavy (non-hydrogen) atoms. The lowest BCUT2D eigenvalue weighted by molar-refractivity contribution is 0.0697. The third-order valence-corrected chi connectivity index (χ3v) is 3.84. The first kappa shape index (κ1) is 12.6. The topological polar surface area (TPSA) is 75.1 Å². The molecule has 0 amide bonds. The van der Waals surface area contributed by atoms with E-state index in [0.717, 1.165) is 21.6 Å². The van der Waals surface area contributed by atoms with Gasteiger partial charge in [0.2, 0.25) is 0 Å². The molecule has 0 aliphatic carbocycles. The molecule has 6 heteroatoms. The molecule has 0 aliphatic rings. The average Bonchev–Trinajstić information content (AvgIpc) is 2.94. The number of carbonyl (C=O) groups is 1. The van der Waals surface area contributed by atoms with Gasteiger partial charge in [-0.15, -0.1) is 11.3 Å². The molecule has 0 bridgehead atoms. The number of aromatic nitrogens is 2. The smallest absolute Gasteiger partial charge is 0.335 e. The van der Waals surface area contributed by atoms with Crippen LogP contribution in [-0.4, -0.2) is 28.1 Å². The summed E-state index contributed by atoms with van der Waals surface area (Å²) in [6, 6.07) is 8.49. The monoisotopic (exact) mass is 285 g/mol. The minimum atomic E-state index is -0.943. The van der Waals surface area contributed by atoms with E-state index in [1.807, 2.05) is 18.5 Å². The van der Waals surface area contributed by atoms with Crippen molar-refractivity contribution in [2.24, 2.45) is 0 Å². The van der Waals surface area contributed by atoms with Crippen LogP contribution in [0.15, 0.2) is 35.7 Å². The molecule has 0 saturated heterocycles. The van der Waals surface area contributed by atoms with E-state index in [1.165, 1.54) is 0 Å². The summed E-state index contributed by atoms with van der Waals surface area (Å²) in [7, 11) is 1.82. The number of carboxylic acids is 1. The van der Waals surface area contributed by atoms with Gasteiger partial charge in [0.15, 0.2) is 5.82 Å². The number of fused-ring (bicyclic) bond motifs is 1. The largest absolute Gasteiger partial charge is 0.478 e. The molecule has 0 saturated carbocycles. The number of hydrogen-bond donors (Lipinski definition) is 2. The summed E-state index contributed by atoms with van der Waals surface area (Å²) in [5.41, 5.74) is 1.92. The van der Waals surface area contributed by atoms with Crippen molar-refractivity contribution in [1.82, 2.24) is 9.97 Å². The molecule has 1 aromatic carbocycles. The molecule has 2 aromatic heterocycles. The Morgan fingerprint density at radius 1 is 1.20 bits per heavy atom. The van der Waals surface area contributed by atoms with E-state index in [0.29, 0.717) is 5.82 Å². The molecule has 0 atom stereocenters. The quantitative estimate of drug-likeness (QED) is 0.773. The second-order valence-electron chi connectivity index (χ2n) is 4.16. The Kier molecular flexibility index (Phi) is 3.08. The average molecular weight is 285 g/mol. The van der Waals surface area contributed by atoms with Crippen LogP contribution < -0.4 is 5.32 Å². The Morgan fingerprint density at radius 3 is 2.60 bits per heavy atom. The second-order valence-corrected chi connectivity index (χ2v) is 5.08. The zero-order valence-corrected chi connectivity index (χ0v) is 11.4. The van der Waals surface area contributed by atoms with Crippen molar-refractivity contribution in [1.29, 1.82) is 0 Å². The minimum Gasteiger partial charge on any atom is -0.478 e. The van der Waals surface area contributed by atoms with Gasteiger partial charge in [0.1, 0.15) is 5.82 Å². The van der Waals surface area contributed by atoms with E-state index < -0.39 is 5.97 Å². The van der Waals surface area contributed by atoms with E-state index in [9.17, 15) is 4.79 Å². The van der Waals surface area contributed by atoms with Gasteiger partial charge in [-0.1, -0.05) is 12.1 Å². The third kappa shape index (κ3) is 2.10. The zero-order chi connectivity index (χ0) is 14.1. The maximum absolute atomic E-state index is 10.8. The molecule has 0 aliphatic heterocycles. The fourth-order valence-corrected chi connectivity index (χ4v) is 2.75. The fraction of sp³-hybridized carbons (Fsp3) is 0.0714. The lowest BCUT2D eigenvalue weighted by atomic mass is 10.1. The first-order chi connectivity index (χ1) is 9.69. The molecular formula is C14H11N3O2S. The highest BCUT2D eigenvalue weighted by Gasteiger charge is 2.10. The van der Waals surface area contributed by atoms with E-state index in [2.05, 4.69) is 15.3 Å². The van der Waals surface area contributed by atoms with Crippen LogP contribution in [0.25, 0.3) is 21.6 Å². The van der Waals surface area contributed by atoms with Crippen LogP contribution in [0, 0.1) is 0 Å². The summed E-state index contributed by atoms with van der Waals surface area (Å²) >= 11 is 1.58. The standard InChI is InChI=1S/C14H11N3O2S/c1-15-13-11-10(6-7-20-11)16-12(17-13)8-2-4-9(5-3-8)14(18)19/h2-7H,1H3,(H,18,19)(H,15,16,17). The van der Waals surface area contributed by atoms with E-state index in [4.69, 9.17) is 5.11 Å². The molecule has 5 nitrogen and oxygen atoms in total. The number of nitrogens with zero attached hydrogens (tertiary/aromatic N) is 2. The highest BCUT2D eigenvalue weighted by atomic mass is 32.1. The number of aromatic carboxylic acids is 1. The van der Waals surface area contributed by atoms with Crippen molar-refractivity contribution in [2.75, 3.05) is 12.4 Å². The molecule has 2 heterocycles. The van der Waals surface area contributed by atoms with E-state index in [1.54, 1.807) is 35.6 Å². The second kappa shape index (κ2) is 4.90. The van der Waals surface area contributed by atoms with Crippen molar-refractivity contribution < 1.29 is 9.90 Å². The van der Waals surface area contributed by atoms with Crippen molar-refractivity contribution in [3.05, 3.63) is 41.3 Å². The van der Waals surface area contributed by atoms with Crippen molar-refractivity contribution in [2.45, 2.75) is 0 Å². The van der Waals surface area contributed by atoms with Gasteiger partial charge in [0.25, 0.3) is 0 Å². The van der Waals surface area contributed by atoms with Crippen molar-refractivity contribution in [3.63, 3.8) is 0 Å². The zero-order valence-electron chi connectivity index (χ0n) is 10.6. The lowest BCUT2D eigenvalue weighted by Gasteiger charge is -2.05. The number of hydrogen-bond acceptors (Lipinski definition) is 5. The Balaban J connectivity index is 2.11. The lowest BCUT2D eigenvalue weighted by Crippen LogP contribution is -1.98. The van der Waals surface area contributed by atoms with Gasteiger partial charge < -0.3 is 10.4 Å². The van der Waals surface area contributed by atoms with Crippen LogP contribution in [0.4, 0.5) is 5.82 Å². The maximum atomic E-state index is 10.8. The summed E-state index contributed by atoms with van der Waals surface area (Å²) in [6.07, 6.45) is 0. The molecule has 0 fully saturated rings. The van der Waals surface area contributed by atoms with Gasteiger partial charge in [-0.3, -0.25) is 0 Å². The van der Waals surface area contributed by atoms with Crippen molar-refractivity contribution in [3.8, 4) is 11.4 Å². The number of thiophene rings is 1. The summed E-state index contributed by atoms with van der Waals surface area (Å²) in [5.74, 6) is 0.418. The van der Waals surface area contributed by atoms with Crippen LogP contribution >= 0.6 is 11.3 Å². The number of carboxylic acid groups (broad SMARTS) is 1. The van der Waals surface area contributed by atoms with Crippen LogP contribution in [-0.2, 0) is 0 Å². The van der Waals surface area contributed by atoms with Gasteiger partial charge in [-0.2, -0.15) is 0 Å². The van der Waals surface area contributed by atoms with E-state index in [-0.39, 0.29) is 5.56 Å². The van der Waals surface area contributed by atoms with Gasteiger partial charge >= 0.3 is 5.97 Å². The predicted molar refractivity (Wildman–Crippen MR) is 79.4 cm³/mol. The molecule has 0 radical (unpaired) electrons. The SMILES string of the molecule is CNc1nc(-c2ccc(C(=O)O)cc2)nc2ccsc12. The van der Waals surface area contributed by atoms with Gasteiger partial charge in [-0.25, -0.2) is 14.8 Å². The molecule has 0 unspecified atom stereocenters. The fourth-order valence-electron chi connectivity index (χ4n) is 1.92. The van der Waals surface area contributed by atoms with E-state index >= 15 is 0 Å². The minimum absolute atomic E-state index is 0.249. The summed E-state index contributed by atoms with van der Waals surface area (Å²) in [5, 5.41) is 13.9. The van der Waals surface area contributed by atoms with Crippen LogP contribution in [0.2, 0.25) is 0 Å². The molecule has 3 aromatic rings. The third-order valence-electron chi connectivity index (χ3n) is 2.93. The summed E-state index contributed by atoms with van der Waals surface area (Å²) in [4.78, 5) is 19.8. The Bertz CT molecular complexity index is 781. The summed E-state index contributed by atoms with van der Waals surface area (Å²) < 4.78 is 1.01. The molecule has 100 valence electrons. The molecule has 2 N–H and O–H groups in total. The summed E-state index contributed by atoms with van der Waals surface area (Å²) in [6.45, 7) is 0. The first-order valence-corrected chi connectivity index (χ1v) is 6.84. The highest BCUT2D eigenvalue weighted by molar-refractivity contribution is 7.17. The van der Waals surface area contributed by atoms with Gasteiger partial charge in [0.05, 0.1) is 15.8 Å². The first-order valence-electron chi connectivity index (χ1n) is 5.96. The molecular weight excluding hydrogens is 274 g/mol. The van der Waals surface area contributed by atoms with Crippen LogP contribution in [0.1, 0.15) is 10.4 Å². The van der Waals surface area contributed by atoms with Crippen LogP contribution in [0.5, 0.6) is 0 Å². The maximum Gasteiger partial charge on any atom is 0.335 e. The Labute approximate surface area is 118 Å². The highest BCUT2D eigenvalue weighted by Crippen LogP contribution is 2.28. The molecule has 3 rings (SSSR count).